The van der Waals surface area contributed by atoms with Crippen LogP contribution in [0.4, 0.5) is 0 Å². The van der Waals surface area contributed by atoms with E-state index in [1.807, 2.05) is 29.7 Å². The normalized spacial score (nSPS) is 27.6. The van der Waals surface area contributed by atoms with Crippen molar-refractivity contribution in [2.75, 3.05) is 20.2 Å². The van der Waals surface area contributed by atoms with Crippen LogP contribution in [0.2, 0.25) is 0 Å². The van der Waals surface area contributed by atoms with Gasteiger partial charge in [-0.25, -0.2) is 0 Å². The van der Waals surface area contributed by atoms with Crippen molar-refractivity contribution in [3.8, 4) is 0 Å². The lowest BCUT2D eigenvalue weighted by atomic mass is 9.97. The molecule has 0 spiro atoms. The van der Waals surface area contributed by atoms with Gasteiger partial charge in [0.25, 0.3) is 0 Å². The van der Waals surface area contributed by atoms with Crippen molar-refractivity contribution < 1.29 is 9.47 Å². The highest BCUT2D eigenvalue weighted by molar-refractivity contribution is 7.10. The van der Waals surface area contributed by atoms with E-state index in [4.69, 9.17) is 9.47 Å². The zero-order valence-corrected chi connectivity index (χ0v) is 17.3. The highest BCUT2D eigenvalue weighted by atomic mass is 32.1. The second kappa shape index (κ2) is 8.09. The number of hydrogen-bond acceptors (Lipinski definition) is 6. The Bertz CT molecular complexity index is 729. The average Bonchev–Trinajstić information content (AvgIpc) is 3.33. The van der Waals surface area contributed by atoms with Crippen LogP contribution in [0.3, 0.4) is 0 Å². The van der Waals surface area contributed by atoms with E-state index in [9.17, 15) is 0 Å². The maximum atomic E-state index is 6.46. The Labute approximate surface area is 163 Å². The van der Waals surface area contributed by atoms with Gasteiger partial charge in [0.15, 0.2) is 0 Å². The van der Waals surface area contributed by atoms with Crippen molar-refractivity contribution in [1.82, 2.24) is 10.6 Å². The van der Waals surface area contributed by atoms with Crippen molar-refractivity contribution in [3.05, 3.63) is 43.8 Å². The number of fused-ring (bicyclic) bond motifs is 2. The van der Waals surface area contributed by atoms with Crippen LogP contribution < -0.4 is 10.6 Å². The molecule has 6 heteroatoms. The summed E-state index contributed by atoms with van der Waals surface area (Å²) in [6.45, 7) is 6.10. The molecular weight excluding hydrogens is 364 g/mol. The first-order valence-electron chi connectivity index (χ1n) is 9.47. The quantitative estimate of drug-likeness (QED) is 0.787. The fourth-order valence-corrected chi connectivity index (χ4v) is 5.86. The van der Waals surface area contributed by atoms with Crippen LogP contribution in [0, 0.1) is 0 Å². The Hall–Kier alpha value is -0.760. The van der Waals surface area contributed by atoms with Crippen LogP contribution >= 0.6 is 22.7 Å². The predicted octanol–water partition coefficient (Wildman–Crippen LogP) is 3.69. The summed E-state index contributed by atoms with van der Waals surface area (Å²) >= 11 is 3.71. The van der Waals surface area contributed by atoms with Crippen molar-refractivity contribution >= 4 is 22.7 Å². The second-order valence-corrected chi connectivity index (χ2v) is 9.30. The number of hydrogen-bond donors (Lipinski definition) is 2. The predicted molar refractivity (Wildman–Crippen MR) is 108 cm³/mol. The fraction of sp³-hybridized carbons (Fsp3) is 0.600. The number of nitrogens with one attached hydrogen (secondary N) is 2. The zero-order valence-electron chi connectivity index (χ0n) is 15.7. The molecule has 2 aromatic heterocycles. The summed E-state index contributed by atoms with van der Waals surface area (Å²) in [7, 11) is 2.00. The molecule has 142 valence electrons. The molecule has 0 fully saturated rings. The Morgan fingerprint density at radius 2 is 1.81 bits per heavy atom. The third-order valence-electron chi connectivity index (χ3n) is 5.58. The first kappa shape index (κ1) is 18.6. The molecular formula is C20H28N2O2S2. The summed E-state index contributed by atoms with van der Waals surface area (Å²) in [5.41, 5.74) is 2.73. The first-order chi connectivity index (χ1) is 12.7. The highest BCUT2D eigenvalue weighted by Crippen LogP contribution is 2.36. The van der Waals surface area contributed by atoms with E-state index in [0.29, 0.717) is 6.04 Å². The molecule has 1 unspecified atom stereocenters. The maximum Gasteiger partial charge on any atom is 0.0990 e. The van der Waals surface area contributed by atoms with Gasteiger partial charge in [-0.3, -0.25) is 0 Å². The lowest BCUT2D eigenvalue weighted by molar-refractivity contribution is -0.0436. The molecule has 0 aromatic carbocycles. The molecule has 4 nitrogen and oxygen atoms in total. The third-order valence-corrected chi connectivity index (χ3v) is 7.54. The van der Waals surface area contributed by atoms with Crippen molar-refractivity contribution in [2.24, 2.45) is 0 Å². The Morgan fingerprint density at radius 1 is 1.08 bits per heavy atom. The van der Waals surface area contributed by atoms with Gasteiger partial charge in [-0.2, -0.15) is 0 Å². The highest BCUT2D eigenvalue weighted by Gasteiger charge is 2.33. The van der Waals surface area contributed by atoms with Crippen LogP contribution in [-0.4, -0.2) is 38.4 Å². The molecule has 2 N–H and O–H groups in total. The minimum absolute atomic E-state index is 0.131. The maximum absolute atomic E-state index is 6.46. The minimum Gasteiger partial charge on any atom is -0.371 e. The summed E-state index contributed by atoms with van der Waals surface area (Å²) in [6.07, 6.45) is 2.53. The van der Waals surface area contributed by atoms with Crippen LogP contribution in [0.5, 0.6) is 0 Å². The summed E-state index contributed by atoms with van der Waals surface area (Å²) < 4.78 is 12.5. The Kier molecular flexibility index (Phi) is 5.78. The number of likely N-dealkylation sites (N-methyl/N-ethyl adjacent to an activating group) is 1. The minimum atomic E-state index is 0.131. The summed E-state index contributed by atoms with van der Waals surface area (Å²) in [5, 5.41) is 11.4. The first-order valence-corrected chi connectivity index (χ1v) is 11.2. The largest absolute Gasteiger partial charge is 0.371 e. The zero-order chi connectivity index (χ0) is 18.1. The lowest BCUT2D eigenvalue weighted by Crippen LogP contribution is -2.44. The SMILES string of the molecule is CN[C@@H](C)[C@@H]1OC(CN[C@H](C)[C@H]2OCCc3sccc32)Cc2sccc21. The average molecular weight is 393 g/mol. The molecule has 2 aliphatic heterocycles. The van der Waals surface area contributed by atoms with E-state index in [2.05, 4.69) is 47.4 Å². The van der Waals surface area contributed by atoms with Crippen LogP contribution in [0.25, 0.3) is 0 Å². The summed E-state index contributed by atoms with van der Waals surface area (Å²) in [4.78, 5) is 2.95. The van der Waals surface area contributed by atoms with Crippen molar-refractivity contribution in [2.45, 2.75) is 57.1 Å². The van der Waals surface area contributed by atoms with Gasteiger partial charge in [0.2, 0.25) is 0 Å². The molecule has 4 heterocycles. The van der Waals surface area contributed by atoms with Crippen LogP contribution in [0.15, 0.2) is 22.9 Å². The van der Waals surface area contributed by atoms with Crippen LogP contribution in [0.1, 0.15) is 46.9 Å². The van der Waals surface area contributed by atoms with E-state index < -0.39 is 0 Å². The molecule has 0 amide bonds. The van der Waals surface area contributed by atoms with Crippen LogP contribution in [-0.2, 0) is 22.3 Å². The fourth-order valence-electron chi connectivity index (χ4n) is 3.98. The van der Waals surface area contributed by atoms with Gasteiger partial charge in [-0.05, 0) is 54.9 Å². The van der Waals surface area contributed by atoms with Gasteiger partial charge in [0, 0.05) is 41.2 Å². The standard InChI is InChI=1S/C20H28N2O2S2/c1-12(21-3)20-16-6-9-26-18(16)10-14(24-20)11-22-13(2)19-15-5-8-25-17(15)4-7-23-19/h5-6,8-9,12-14,19-22H,4,7,10-11H2,1-3H3/t12-,13+,14?,19+,20-/m0/s1. The van der Waals surface area contributed by atoms with Crippen molar-refractivity contribution in [3.63, 3.8) is 0 Å². The number of thiophene rings is 2. The van der Waals surface area contributed by atoms with E-state index in [1.54, 1.807) is 0 Å². The molecule has 0 bridgehead atoms. The molecule has 0 saturated heterocycles. The van der Waals surface area contributed by atoms with Gasteiger partial charge in [-0.1, -0.05) is 0 Å². The summed E-state index contributed by atoms with van der Waals surface area (Å²) in [6, 6.07) is 5.02. The molecule has 5 atom stereocenters. The van der Waals surface area contributed by atoms with E-state index in [1.165, 1.54) is 20.9 Å². The molecule has 4 rings (SSSR count). The Morgan fingerprint density at radius 3 is 2.58 bits per heavy atom. The van der Waals surface area contributed by atoms with Gasteiger partial charge in [0.05, 0.1) is 24.9 Å². The molecule has 0 saturated carbocycles. The molecule has 2 aromatic rings. The van der Waals surface area contributed by atoms with Crippen molar-refractivity contribution in [1.29, 1.82) is 0 Å². The van der Waals surface area contributed by atoms with E-state index in [0.717, 1.165) is 26.0 Å². The number of rotatable bonds is 6. The molecule has 26 heavy (non-hydrogen) atoms. The topological polar surface area (TPSA) is 42.5 Å². The number of ether oxygens (including phenoxy) is 2. The molecule has 0 radical (unpaired) electrons. The van der Waals surface area contributed by atoms with E-state index in [-0.39, 0.29) is 24.4 Å². The van der Waals surface area contributed by atoms with Gasteiger partial charge < -0.3 is 20.1 Å². The van der Waals surface area contributed by atoms with Gasteiger partial charge in [-0.15, -0.1) is 22.7 Å². The monoisotopic (exact) mass is 392 g/mol. The van der Waals surface area contributed by atoms with Gasteiger partial charge >= 0.3 is 0 Å². The molecule has 2 aliphatic rings. The molecule has 0 aliphatic carbocycles. The second-order valence-electron chi connectivity index (χ2n) is 7.30. The Balaban J connectivity index is 1.40. The summed E-state index contributed by atoms with van der Waals surface area (Å²) in [5.74, 6) is 0. The smallest absolute Gasteiger partial charge is 0.0990 e. The van der Waals surface area contributed by atoms with E-state index >= 15 is 0 Å². The lowest BCUT2D eigenvalue weighted by Gasteiger charge is -2.35. The third kappa shape index (κ3) is 3.63. The van der Waals surface area contributed by atoms with Gasteiger partial charge in [0.1, 0.15) is 0 Å².